The highest BCUT2D eigenvalue weighted by molar-refractivity contribution is 5.74. The SMILES string of the molecule is C[C@H](NC(=O)NCCOc1ccc([N+](=O)[O-])cc1)[C@@H]1CCCO1. The number of non-ortho nitro benzene ring substituents is 1. The molecule has 8 nitrogen and oxygen atoms in total. The molecule has 1 aliphatic heterocycles. The molecule has 1 heterocycles. The number of urea groups is 1. The molecule has 1 aromatic carbocycles. The van der Waals surface area contributed by atoms with Crippen molar-refractivity contribution in [3.05, 3.63) is 34.4 Å². The minimum Gasteiger partial charge on any atom is -0.492 e. The van der Waals surface area contributed by atoms with Crippen LogP contribution in [0.4, 0.5) is 10.5 Å². The lowest BCUT2D eigenvalue weighted by Crippen LogP contribution is -2.46. The maximum absolute atomic E-state index is 11.7. The van der Waals surface area contributed by atoms with E-state index in [1.807, 2.05) is 6.92 Å². The number of carbonyl (C=O) groups is 1. The molecule has 126 valence electrons. The molecule has 0 spiro atoms. The highest BCUT2D eigenvalue weighted by atomic mass is 16.6. The summed E-state index contributed by atoms with van der Waals surface area (Å²) in [5.41, 5.74) is 0.0120. The van der Waals surface area contributed by atoms with E-state index in [4.69, 9.17) is 9.47 Å². The van der Waals surface area contributed by atoms with Crippen LogP contribution in [-0.4, -0.2) is 42.9 Å². The summed E-state index contributed by atoms with van der Waals surface area (Å²) in [7, 11) is 0. The number of nitro groups is 1. The van der Waals surface area contributed by atoms with Crippen molar-refractivity contribution in [2.45, 2.75) is 31.9 Å². The maximum atomic E-state index is 11.7. The zero-order valence-electron chi connectivity index (χ0n) is 13.0. The van der Waals surface area contributed by atoms with E-state index in [-0.39, 0.29) is 30.5 Å². The summed E-state index contributed by atoms with van der Waals surface area (Å²) in [6.07, 6.45) is 2.07. The number of hydrogen-bond donors (Lipinski definition) is 2. The molecular weight excluding hydrogens is 302 g/mol. The number of carbonyl (C=O) groups excluding carboxylic acids is 1. The van der Waals surface area contributed by atoms with Gasteiger partial charge < -0.3 is 20.1 Å². The number of nitro benzene ring substituents is 1. The third-order valence-electron chi connectivity index (χ3n) is 3.59. The number of hydrogen-bond acceptors (Lipinski definition) is 5. The lowest BCUT2D eigenvalue weighted by atomic mass is 10.1. The topological polar surface area (TPSA) is 103 Å². The van der Waals surface area contributed by atoms with E-state index in [0.717, 1.165) is 19.4 Å². The van der Waals surface area contributed by atoms with Gasteiger partial charge in [-0.3, -0.25) is 10.1 Å². The molecule has 0 aromatic heterocycles. The zero-order valence-corrected chi connectivity index (χ0v) is 13.0. The van der Waals surface area contributed by atoms with Crippen molar-refractivity contribution in [2.75, 3.05) is 19.8 Å². The normalized spacial score (nSPS) is 18.2. The summed E-state index contributed by atoms with van der Waals surface area (Å²) in [5, 5.41) is 16.1. The van der Waals surface area contributed by atoms with Gasteiger partial charge in [-0.05, 0) is 31.9 Å². The predicted octanol–water partition coefficient (Wildman–Crippen LogP) is 1.84. The Kier molecular flexibility index (Phi) is 6.16. The fourth-order valence-corrected chi connectivity index (χ4v) is 2.35. The first kappa shape index (κ1) is 17.0. The molecule has 2 rings (SSSR count). The maximum Gasteiger partial charge on any atom is 0.315 e. The van der Waals surface area contributed by atoms with E-state index in [2.05, 4.69) is 10.6 Å². The first-order chi connectivity index (χ1) is 11.1. The molecule has 1 aromatic rings. The molecule has 1 aliphatic rings. The first-order valence-corrected chi connectivity index (χ1v) is 7.59. The van der Waals surface area contributed by atoms with Gasteiger partial charge in [-0.15, -0.1) is 0 Å². The number of nitrogens with zero attached hydrogens (tertiary/aromatic N) is 1. The monoisotopic (exact) mass is 323 g/mol. The van der Waals surface area contributed by atoms with Crippen LogP contribution in [0.3, 0.4) is 0 Å². The van der Waals surface area contributed by atoms with E-state index in [0.29, 0.717) is 12.3 Å². The second kappa shape index (κ2) is 8.33. The Bertz CT molecular complexity index is 528. The van der Waals surface area contributed by atoms with Gasteiger partial charge in [0.2, 0.25) is 0 Å². The summed E-state index contributed by atoms with van der Waals surface area (Å²) in [4.78, 5) is 21.8. The van der Waals surface area contributed by atoms with Gasteiger partial charge in [0.05, 0.1) is 23.6 Å². The fourth-order valence-electron chi connectivity index (χ4n) is 2.35. The van der Waals surface area contributed by atoms with Crippen molar-refractivity contribution in [1.29, 1.82) is 0 Å². The van der Waals surface area contributed by atoms with E-state index >= 15 is 0 Å². The van der Waals surface area contributed by atoms with E-state index in [1.54, 1.807) is 0 Å². The smallest absolute Gasteiger partial charge is 0.315 e. The van der Waals surface area contributed by atoms with Crippen LogP contribution in [0.5, 0.6) is 5.75 Å². The highest BCUT2D eigenvalue weighted by Gasteiger charge is 2.23. The number of benzene rings is 1. The quantitative estimate of drug-likeness (QED) is 0.453. The lowest BCUT2D eigenvalue weighted by Gasteiger charge is -2.20. The lowest BCUT2D eigenvalue weighted by molar-refractivity contribution is -0.384. The second-order valence-electron chi connectivity index (χ2n) is 5.34. The van der Waals surface area contributed by atoms with Crippen molar-refractivity contribution >= 4 is 11.7 Å². The Morgan fingerprint density at radius 1 is 1.48 bits per heavy atom. The van der Waals surface area contributed by atoms with Crippen LogP contribution < -0.4 is 15.4 Å². The van der Waals surface area contributed by atoms with Crippen LogP contribution in [0.25, 0.3) is 0 Å². The molecule has 1 fully saturated rings. The molecule has 0 aliphatic carbocycles. The standard InChI is InChI=1S/C15H21N3O5/c1-11(14-3-2-9-23-14)17-15(19)16-8-10-22-13-6-4-12(5-7-13)18(20)21/h4-7,11,14H,2-3,8-10H2,1H3,(H2,16,17,19)/t11-,14-/m0/s1. The first-order valence-electron chi connectivity index (χ1n) is 7.59. The van der Waals surface area contributed by atoms with Gasteiger partial charge in [0.25, 0.3) is 5.69 Å². The molecule has 0 radical (unpaired) electrons. The number of rotatable bonds is 7. The van der Waals surface area contributed by atoms with Crippen LogP contribution in [-0.2, 0) is 4.74 Å². The predicted molar refractivity (Wildman–Crippen MR) is 83.6 cm³/mol. The summed E-state index contributed by atoms with van der Waals surface area (Å²) < 4.78 is 10.9. The van der Waals surface area contributed by atoms with Crippen LogP contribution >= 0.6 is 0 Å². The molecule has 0 bridgehead atoms. The van der Waals surface area contributed by atoms with Gasteiger partial charge in [0.15, 0.2) is 0 Å². The molecule has 2 amide bonds. The van der Waals surface area contributed by atoms with Crippen LogP contribution in [0, 0.1) is 10.1 Å². The third-order valence-corrected chi connectivity index (χ3v) is 3.59. The summed E-state index contributed by atoms with van der Waals surface area (Å²) in [6, 6.07) is 5.50. The number of amides is 2. The molecule has 2 N–H and O–H groups in total. The Hall–Kier alpha value is -2.35. The van der Waals surface area contributed by atoms with Gasteiger partial charge in [0, 0.05) is 18.7 Å². The highest BCUT2D eigenvalue weighted by Crippen LogP contribution is 2.17. The average molecular weight is 323 g/mol. The molecule has 0 saturated carbocycles. The Morgan fingerprint density at radius 3 is 2.83 bits per heavy atom. The molecule has 8 heteroatoms. The van der Waals surface area contributed by atoms with Crippen molar-refractivity contribution in [2.24, 2.45) is 0 Å². The molecule has 23 heavy (non-hydrogen) atoms. The summed E-state index contributed by atoms with van der Waals surface area (Å²) in [5.74, 6) is 0.519. The largest absolute Gasteiger partial charge is 0.492 e. The van der Waals surface area contributed by atoms with Crippen LogP contribution in [0.15, 0.2) is 24.3 Å². The van der Waals surface area contributed by atoms with Crippen molar-refractivity contribution in [3.63, 3.8) is 0 Å². The Labute approximate surface area is 134 Å². The summed E-state index contributed by atoms with van der Waals surface area (Å²) >= 11 is 0. The molecule has 0 unspecified atom stereocenters. The van der Waals surface area contributed by atoms with Crippen molar-refractivity contribution in [1.82, 2.24) is 10.6 Å². The van der Waals surface area contributed by atoms with Gasteiger partial charge in [-0.25, -0.2) is 4.79 Å². The number of ether oxygens (including phenoxy) is 2. The van der Waals surface area contributed by atoms with E-state index in [9.17, 15) is 14.9 Å². The van der Waals surface area contributed by atoms with Crippen LogP contribution in [0.2, 0.25) is 0 Å². The van der Waals surface area contributed by atoms with Crippen LogP contribution in [0.1, 0.15) is 19.8 Å². The third kappa shape index (κ3) is 5.41. The Balaban J connectivity index is 1.62. The molecule has 2 atom stereocenters. The minimum atomic E-state index is -0.467. The zero-order chi connectivity index (χ0) is 16.7. The number of nitrogens with one attached hydrogen (secondary N) is 2. The van der Waals surface area contributed by atoms with Gasteiger partial charge in [-0.2, -0.15) is 0 Å². The van der Waals surface area contributed by atoms with Crippen molar-refractivity contribution in [3.8, 4) is 5.75 Å². The summed E-state index contributed by atoms with van der Waals surface area (Å²) in [6.45, 7) is 3.28. The molecule has 1 saturated heterocycles. The van der Waals surface area contributed by atoms with E-state index in [1.165, 1.54) is 24.3 Å². The second-order valence-corrected chi connectivity index (χ2v) is 5.34. The van der Waals surface area contributed by atoms with Gasteiger partial charge >= 0.3 is 6.03 Å². The minimum absolute atomic E-state index is 0.0120. The van der Waals surface area contributed by atoms with Crippen molar-refractivity contribution < 1.29 is 19.2 Å². The van der Waals surface area contributed by atoms with E-state index < -0.39 is 4.92 Å². The van der Waals surface area contributed by atoms with Gasteiger partial charge in [-0.1, -0.05) is 0 Å². The Morgan fingerprint density at radius 2 is 2.22 bits per heavy atom. The molecular formula is C15H21N3O5. The average Bonchev–Trinajstić information content (AvgIpc) is 3.06. The van der Waals surface area contributed by atoms with Gasteiger partial charge in [0.1, 0.15) is 12.4 Å². The fraction of sp³-hybridized carbons (Fsp3) is 0.533.